The molecule has 4 nitrogen and oxygen atoms in total. The van der Waals surface area contributed by atoms with Crippen LogP contribution in [0.2, 0.25) is 18.6 Å². The van der Waals surface area contributed by atoms with Gasteiger partial charge in [0.05, 0.1) is 0 Å². The fourth-order valence-electron chi connectivity index (χ4n) is 3.04. The maximum Gasteiger partial charge on any atom is 0.334 e. The lowest BCUT2D eigenvalue weighted by molar-refractivity contribution is 0.211. The molecular formula is C18H42O4Si2. The molecule has 24 heavy (non-hydrogen) atoms. The SMILES string of the molecule is CCCC[Si](C)(OC)OC.CCO[SiH](CCC1CCCC1)OCC. The van der Waals surface area contributed by atoms with E-state index in [0.717, 1.165) is 25.2 Å². The molecule has 1 fully saturated rings. The molecular weight excluding hydrogens is 336 g/mol. The summed E-state index contributed by atoms with van der Waals surface area (Å²) >= 11 is 0. The summed E-state index contributed by atoms with van der Waals surface area (Å²) in [5.74, 6) is 0.978. The van der Waals surface area contributed by atoms with Crippen LogP contribution in [-0.2, 0) is 17.7 Å². The van der Waals surface area contributed by atoms with Crippen molar-refractivity contribution < 1.29 is 17.7 Å². The Kier molecular flexibility index (Phi) is 15.7. The maximum absolute atomic E-state index is 5.66. The van der Waals surface area contributed by atoms with Crippen LogP contribution in [0.25, 0.3) is 0 Å². The number of unbranched alkanes of at least 4 members (excludes halogenated alkanes) is 1. The third-order valence-electron chi connectivity index (χ3n) is 4.84. The van der Waals surface area contributed by atoms with Crippen LogP contribution < -0.4 is 0 Å². The topological polar surface area (TPSA) is 36.9 Å². The Hall–Kier alpha value is 0.274. The number of hydrogen-bond acceptors (Lipinski definition) is 4. The van der Waals surface area contributed by atoms with E-state index in [1.165, 1.54) is 51.0 Å². The van der Waals surface area contributed by atoms with Crippen molar-refractivity contribution in [3.8, 4) is 0 Å². The zero-order chi connectivity index (χ0) is 18.3. The predicted octanol–water partition coefficient (Wildman–Crippen LogP) is 5.01. The van der Waals surface area contributed by atoms with Crippen LogP contribution in [0.1, 0.15) is 65.7 Å². The standard InChI is InChI=1S/C11H24O2Si.C7H18O2Si/c1-3-12-14(13-4-2)10-9-11-7-5-6-8-11;1-5-6-7-10(4,8-2)9-3/h11,14H,3-10H2,1-2H3;5-7H2,1-4H3. The number of hydrogen-bond donors (Lipinski definition) is 0. The summed E-state index contributed by atoms with van der Waals surface area (Å²) in [5.41, 5.74) is 0. The largest absolute Gasteiger partial charge is 0.398 e. The van der Waals surface area contributed by atoms with E-state index in [1.54, 1.807) is 14.2 Å². The summed E-state index contributed by atoms with van der Waals surface area (Å²) in [5, 5.41) is 0. The Morgan fingerprint density at radius 2 is 1.50 bits per heavy atom. The first-order valence-electron chi connectivity index (χ1n) is 9.88. The van der Waals surface area contributed by atoms with Crippen molar-refractivity contribution in [3.63, 3.8) is 0 Å². The second-order valence-electron chi connectivity index (χ2n) is 6.71. The van der Waals surface area contributed by atoms with Gasteiger partial charge in [0.1, 0.15) is 0 Å². The molecule has 1 aliphatic carbocycles. The zero-order valence-electron chi connectivity index (χ0n) is 17.1. The predicted molar refractivity (Wildman–Crippen MR) is 107 cm³/mol. The zero-order valence-corrected chi connectivity index (χ0v) is 19.2. The summed E-state index contributed by atoms with van der Waals surface area (Å²) in [7, 11) is 0.475. The molecule has 1 saturated carbocycles. The summed E-state index contributed by atoms with van der Waals surface area (Å²) < 4.78 is 21.9. The highest BCUT2D eigenvalue weighted by molar-refractivity contribution is 6.65. The Bertz CT molecular complexity index is 264. The molecule has 1 aliphatic rings. The first-order chi connectivity index (χ1) is 11.5. The first-order valence-corrected chi connectivity index (χ1v) is 14.2. The van der Waals surface area contributed by atoms with Crippen LogP contribution in [0, 0.1) is 5.92 Å². The smallest absolute Gasteiger partial charge is 0.334 e. The van der Waals surface area contributed by atoms with Crippen molar-refractivity contribution in [1.82, 2.24) is 0 Å². The van der Waals surface area contributed by atoms with E-state index in [1.807, 2.05) is 0 Å². The fourth-order valence-corrected chi connectivity index (χ4v) is 6.53. The first kappa shape index (κ1) is 24.3. The summed E-state index contributed by atoms with van der Waals surface area (Å²) in [4.78, 5) is 0. The molecule has 0 radical (unpaired) electrons. The molecule has 0 atom stereocenters. The minimum atomic E-state index is -1.72. The van der Waals surface area contributed by atoms with Gasteiger partial charge in [0.15, 0.2) is 0 Å². The lowest BCUT2D eigenvalue weighted by Crippen LogP contribution is -2.35. The highest BCUT2D eigenvalue weighted by atomic mass is 28.4. The van der Waals surface area contributed by atoms with Crippen molar-refractivity contribution >= 4 is 17.8 Å². The molecule has 146 valence electrons. The molecule has 0 aromatic heterocycles. The Balaban J connectivity index is 0.000000470. The van der Waals surface area contributed by atoms with Gasteiger partial charge in [0, 0.05) is 27.4 Å². The molecule has 0 aromatic rings. The van der Waals surface area contributed by atoms with Crippen molar-refractivity contribution in [2.45, 2.75) is 84.4 Å². The molecule has 0 N–H and O–H groups in total. The molecule has 6 heteroatoms. The van der Waals surface area contributed by atoms with Gasteiger partial charge in [-0.25, -0.2) is 0 Å². The van der Waals surface area contributed by atoms with Crippen LogP contribution in [0.15, 0.2) is 0 Å². The van der Waals surface area contributed by atoms with Gasteiger partial charge in [-0.1, -0.05) is 45.4 Å². The van der Waals surface area contributed by atoms with Gasteiger partial charge < -0.3 is 17.7 Å². The summed E-state index contributed by atoms with van der Waals surface area (Å²) in [6.45, 7) is 10.1. The van der Waals surface area contributed by atoms with E-state index < -0.39 is 17.8 Å². The van der Waals surface area contributed by atoms with E-state index in [2.05, 4.69) is 27.3 Å². The molecule has 0 heterocycles. The minimum Gasteiger partial charge on any atom is -0.398 e. The monoisotopic (exact) mass is 378 g/mol. The van der Waals surface area contributed by atoms with Crippen molar-refractivity contribution in [1.29, 1.82) is 0 Å². The lowest BCUT2D eigenvalue weighted by atomic mass is 10.1. The molecule has 0 aliphatic heterocycles. The van der Waals surface area contributed by atoms with Crippen LogP contribution in [0.4, 0.5) is 0 Å². The van der Waals surface area contributed by atoms with Crippen molar-refractivity contribution in [3.05, 3.63) is 0 Å². The lowest BCUT2D eigenvalue weighted by Gasteiger charge is -2.21. The van der Waals surface area contributed by atoms with E-state index >= 15 is 0 Å². The average Bonchev–Trinajstić information content (AvgIpc) is 3.12. The van der Waals surface area contributed by atoms with Gasteiger partial charge in [0.2, 0.25) is 0 Å². The van der Waals surface area contributed by atoms with Crippen LogP contribution in [0.3, 0.4) is 0 Å². The third-order valence-corrected chi connectivity index (χ3v) is 10.0. The second-order valence-corrected chi connectivity index (χ2v) is 12.4. The average molecular weight is 379 g/mol. The van der Waals surface area contributed by atoms with Crippen LogP contribution in [-0.4, -0.2) is 45.3 Å². The third kappa shape index (κ3) is 11.8. The van der Waals surface area contributed by atoms with Gasteiger partial charge in [-0.05, 0) is 44.8 Å². The highest BCUT2D eigenvalue weighted by Gasteiger charge is 2.27. The molecule has 0 saturated heterocycles. The highest BCUT2D eigenvalue weighted by Crippen LogP contribution is 2.29. The molecule has 0 aromatic carbocycles. The minimum absolute atomic E-state index is 0.821. The normalized spacial score (nSPS) is 15.6. The van der Waals surface area contributed by atoms with Gasteiger partial charge in [-0.3, -0.25) is 0 Å². The van der Waals surface area contributed by atoms with Crippen molar-refractivity contribution in [2.24, 2.45) is 5.92 Å². The summed E-state index contributed by atoms with van der Waals surface area (Å²) in [6, 6.07) is 2.32. The van der Waals surface area contributed by atoms with E-state index in [0.29, 0.717) is 0 Å². The number of rotatable bonds is 12. The van der Waals surface area contributed by atoms with Gasteiger partial charge in [-0.2, -0.15) is 0 Å². The molecule has 0 unspecified atom stereocenters. The molecule has 0 spiro atoms. The molecule has 0 amide bonds. The van der Waals surface area contributed by atoms with E-state index in [9.17, 15) is 0 Å². The van der Waals surface area contributed by atoms with Gasteiger partial charge in [0.25, 0.3) is 0 Å². The van der Waals surface area contributed by atoms with Gasteiger partial charge >= 0.3 is 17.8 Å². The second kappa shape index (κ2) is 15.5. The quantitative estimate of drug-likeness (QED) is 0.447. The Labute approximate surface area is 153 Å². The van der Waals surface area contributed by atoms with E-state index in [-0.39, 0.29) is 0 Å². The maximum atomic E-state index is 5.66. The molecule has 0 bridgehead atoms. The fraction of sp³-hybridized carbons (Fsp3) is 1.00. The van der Waals surface area contributed by atoms with Gasteiger partial charge in [-0.15, -0.1) is 0 Å². The Morgan fingerprint density at radius 1 is 0.958 bits per heavy atom. The Morgan fingerprint density at radius 3 is 1.92 bits per heavy atom. The molecule has 1 rings (SSSR count). The summed E-state index contributed by atoms with van der Waals surface area (Å²) in [6.07, 6.45) is 9.55. The van der Waals surface area contributed by atoms with Crippen LogP contribution in [0.5, 0.6) is 0 Å². The van der Waals surface area contributed by atoms with Crippen molar-refractivity contribution in [2.75, 3.05) is 27.4 Å². The van der Waals surface area contributed by atoms with E-state index in [4.69, 9.17) is 17.7 Å². The van der Waals surface area contributed by atoms with Crippen LogP contribution >= 0.6 is 0 Å².